The maximum Gasteiger partial charge on any atom is 0.416 e. The van der Waals surface area contributed by atoms with Crippen LogP contribution in [0.2, 0.25) is 0 Å². The van der Waals surface area contributed by atoms with E-state index in [2.05, 4.69) is 4.90 Å². The van der Waals surface area contributed by atoms with E-state index < -0.39 is 23.5 Å². The summed E-state index contributed by atoms with van der Waals surface area (Å²) in [5.74, 6) is -1.26. The summed E-state index contributed by atoms with van der Waals surface area (Å²) in [5.41, 5.74) is 0.755. The molecule has 1 saturated carbocycles. The molecule has 0 aromatic heterocycles. The summed E-state index contributed by atoms with van der Waals surface area (Å²) in [4.78, 5) is 13.4. The maximum absolute atomic E-state index is 14.2. The fourth-order valence-corrected chi connectivity index (χ4v) is 4.05. The number of piperidine rings is 1. The van der Waals surface area contributed by atoms with Gasteiger partial charge in [-0.1, -0.05) is 0 Å². The summed E-state index contributed by atoms with van der Waals surface area (Å²) in [6, 6.07) is 7.53. The van der Waals surface area contributed by atoms with Crippen LogP contribution >= 0.6 is 0 Å². The van der Waals surface area contributed by atoms with Gasteiger partial charge in [0.1, 0.15) is 17.7 Å². The zero-order chi connectivity index (χ0) is 22.2. The van der Waals surface area contributed by atoms with E-state index >= 15 is 0 Å². The SMILES string of the molecule is O=C(O)c1cc(C2CC2)c(CN2CCC(Oc3ccc(C(F)(F)F)cc3)CC2)cc1F. The molecule has 0 bridgehead atoms. The molecule has 1 heterocycles. The molecular weight excluding hydrogens is 414 g/mol. The molecule has 4 nitrogen and oxygen atoms in total. The maximum atomic E-state index is 14.2. The highest BCUT2D eigenvalue weighted by Crippen LogP contribution is 2.43. The topological polar surface area (TPSA) is 49.8 Å². The molecule has 2 fully saturated rings. The highest BCUT2D eigenvalue weighted by molar-refractivity contribution is 5.88. The third kappa shape index (κ3) is 5.18. The minimum Gasteiger partial charge on any atom is -0.490 e. The van der Waals surface area contributed by atoms with E-state index in [-0.39, 0.29) is 11.7 Å². The van der Waals surface area contributed by atoms with Crippen LogP contribution in [0.15, 0.2) is 36.4 Å². The van der Waals surface area contributed by atoms with Gasteiger partial charge in [-0.3, -0.25) is 4.90 Å². The number of aromatic carboxylic acids is 1. The van der Waals surface area contributed by atoms with Gasteiger partial charge < -0.3 is 9.84 Å². The van der Waals surface area contributed by atoms with Gasteiger partial charge in [0.25, 0.3) is 0 Å². The lowest BCUT2D eigenvalue weighted by atomic mass is 9.98. The quantitative estimate of drug-likeness (QED) is 0.610. The van der Waals surface area contributed by atoms with Gasteiger partial charge in [-0.2, -0.15) is 13.2 Å². The average Bonchev–Trinajstić information content (AvgIpc) is 3.54. The van der Waals surface area contributed by atoms with Crippen LogP contribution in [0.5, 0.6) is 5.75 Å². The van der Waals surface area contributed by atoms with Crippen molar-refractivity contribution in [1.29, 1.82) is 0 Å². The van der Waals surface area contributed by atoms with Gasteiger partial charge in [0.2, 0.25) is 0 Å². The van der Waals surface area contributed by atoms with E-state index in [1.54, 1.807) is 0 Å². The van der Waals surface area contributed by atoms with Crippen LogP contribution in [-0.4, -0.2) is 35.2 Å². The number of likely N-dealkylation sites (tertiary alicyclic amines) is 1. The van der Waals surface area contributed by atoms with Crippen molar-refractivity contribution >= 4 is 5.97 Å². The third-order valence-corrected chi connectivity index (χ3v) is 5.89. The lowest BCUT2D eigenvalue weighted by molar-refractivity contribution is -0.137. The fourth-order valence-electron chi connectivity index (χ4n) is 4.05. The van der Waals surface area contributed by atoms with Crippen LogP contribution in [0.25, 0.3) is 0 Å². The Hall–Kier alpha value is -2.61. The van der Waals surface area contributed by atoms with Gasteiger partial charge in [-0.05, 0) is 79.1 Å². The second kappa shape index (κ2) is 8.49. The Labute approximate surface area is 177 Å². The standard InChI is InChI=1S/C23H23F4NO3/c24-21-11-15(19(14-1-2-14)12-20(21)22(29)30)13-28-9-7-18(8-10-28)31-17-5-3-16(4-6-17)23(25,26)27/h3-6,11-12,14,18H,1-2,7-10,13H2,(H,29,30). The molecule has 0 atom stereocenters. The second-order valence-corrected chi connectivity index (χ2v) is 8.23. The zero-order valence-corrected chi connectivity index (χ0v) is 16.8. The molecule has 2 aromatic rings. The minimum atomic E-state index is -4.37. The van der Waals surface area contributed by atoms with E-state index in [0.717, 1.165) is 36.1 Å². The first-order valence-electron chi connectivity index (χ1n) is 10.3. The largest absolute Gasteiger partial charge is 0.490 e. The van der Waals surface area contributed by atoms with E-state index in [0.29, 0.717) is 44.1 Å². The molecule has 0 radical (unpaired) electrons. The number of carboxylic acid groups (broad SMARTS) is 1. The Kier molecular flexibility index (Phi) is 5.92. The molecule has 0 spiro atoms. The van der Waals surface area contributed by atoms with Crippen molar-refractivity contribution in [3.8, 4) is 5.75 Å². The normalized spacial score (nSPS) is 18.2. The Morgan fingerprint density at radius 2 is 1.71 bits per heavy atom. The minimum absolute atomic E-state index is 0.0954. The van der Waals surface area contributed by atoms with Crippen molar-refractivity contribution in [2.75, 3.05) is 13.1 Å². The number of hydrogen-bond acceptors (Lipinski definition) is 3. The molecule has 0 amide bonds. The molecular formula is C23H23F4NO3. The van der Waals surface area contributed by atoms with Gasteiger partial charge in [0.15, 0.2) is 0 Å². The van der Waals surface area contributed by atoms with E-state index in [1.165, 1.54) is 24.3 Å². The van der Waals surface area contributed by atoms with Crippen LogP contribution in [0.4, 0.5) is 17.6 Å². The number of ether oxygens (including phenoxy) is 1. The molecule has 2 aromatic carbocycles. The van der Waals surface area contributed by atoms with E-state index in [1.807, 2.05) is 0 Å². The van der Waals surface area contributed by atoms with E-state index in [4.69, 9.17) is 4.74 Å². The second-order valence-electron chi connectivity index (χ2n) is 8.23. The molecule has 0 unspecified atom stereocenters. The number of carboxylic acids is 1. The summed E-state index contributed by atoms with van der Waals surface area (Å²) < 4.78 is 58.1. The van der Waals surface area contributed by atoms with Crippen molar-refractivity contribution < 1.29 is 32.2 Å². The van der Waals surface area contributed by atoms with Crippen molar-refractivity contribution in [3.05, 3.63) is 64.5 Å². The number of halogens is 4. The Morgan fingerprint density at radius 3 is 2.26 bits per heavy atom. The molecule has 1 saturated heterocycles. The monoisotopic (exact) mass is 437 g/mol. The Balaban J connectivity index is 1.35. The van der Waals surface area contributed by atoms with Gasteiger partial charge in [0.05, 0.1) is 11.1 Å². The highest BCUT2D eigenvalue weighted by atomic mass is 19.4. The zero-order valence-electron chi connectivity index (χ0n) is 16.8. The first kappa shape index (κ1) is 21.6. The molecule has 8 heteroatoms. The van der Waals surface area contributed by atoms with Crippen LogP contribution in [0, 0.1) is 5.82 Å². The molecule has 2 aliphatic rings. The molecule has 31 heavy (non-hydrogen) atoms. The number of carbonyl (C=O) groups is 1. The van der Waals surface area contributed by atoms with Gasteiger partial charge in [0, 0.05) is 19.6 Å². The Bertz CT molecular complexity index is 947. The van der Waals surface area contributed by atoms with Gasteiger partial charge in [-0.15, -0.1) is 0 Å². The van der Waals surface area contributed by atoms with Crippen LogP contribution < -0.4 is 4.74 Å². The number of rotatable bonds is 6. The average molecular weight is 437 g/mol. The van der Waals surface area contributed by atoms with Gasteiger partial charge >= 0.3 is 12.1 Å². The lowest BCUT2D eigenvalue weighted by Crippen LogP contribution is -2.38. The molecule has 1 N–H and O–H groups in total. The summed E-state index contributed by atoms with van der Waals surface area (Å²) in [6.45, 7) is 1.95. The third-order valence-electron chi connectivity index (χ3n) is 5.89. The highest BCUT2D eigenvalue weighted by Gasteiger charge is 2.31. The number of alkyl halides is 3. The van der Waals surface area contributed by atoms with Gasteiger partial charge in [-0.25, -0.2) is 9.18 Å². The number of benzene rings is 2. The van der Waals surface area contributed by atoms with E-state index in [9.17, 15) is 27.5 Å². The van der Waals surface area contributed by atoms with Crippen LogP contribution in [0.1, 0.15) is 58.6 Å². The summed E-state index contributed by atoms with van der Waals surface area (Å²) in [5, 5.41) is 9.19. The fraction of sp³-hybridized carbons (Fsp3) is 0.435. The predicted molar refractivity (Wildman–Crippen MR) is 106 cm³/mol. The van der Waals surface area contributed by atoms with Crippen LogP contribution in [0.3, 0.4) is 0 Å². The summed E-state index contributed by atoms with van der Waals surface area (Å²) in [7, 11) is 0. The van der Waals surface area contributed by atoms with Crippen molar-refractivity contribution in [1.82, 2.24) is 4.90 Å². The van der Waals surface area contributed by atoms with Crippen molar-refractivity contribution in [2.45, 2.75) is 50.4 Å². The Morgan fingerprint density at radius 1 is 1.06 bits per heavy atom. The van der Waals surface area contributed by atoms with Crippen molar-refractivity contribution in [3.63, 3.8) is 0 Å². The number of nitrogens with zero attached hydrogens (tertiary/aromatic N) is 1. The molecule has 166 valence electrons. The predicted octanol–water partition coefficient (Wildman–Crippen LogP) is 5.46. The molecule has 1 aliphatic carbocycles. The summed E-state index contributed by atoms with van der Waals surface area (Å²) >= 11 is 0. The number of hydrogen-bond donors (Lipinski definition) is 1. The first-order valence-corrected chi connectivity index (χ1v) is 10.3. The van der Waals surface area contributed by atoms with Crippen molar-refractivity contribution in [2.24, 2.45) is 0 Å². The summed E-state index contributed by atoms with van der Waals surface area (Å²) in [6.07, 6.45) is -1.08. The molecule has 4 rings (SSSR count). The lowest BCUT2D eigenvalue weighted by Gasteiger charge is -2.32. The molecule has 1 aliphatic heterocycles. The first-order chi connectivity index (χ1) is 14.7. The smallest absolute Gasteiger partial charge is 0.416 e. The van der Waals surface area contributed by atoms with Crippen LogP contribution in [-0.2, 0) is 12.7 Å².